The van der Waals surface area contributed by atoms with Gasteiger partial charge >= 0.3 is 12.1 Å². The van der Waals surface area contributed by atoms with Crippen molar-refractivity contribution in [1.82, 2.24) is 9.80 Å². The number of β-lactam (4-membered cyclic amide) rings is 1. The van der Waals surface area contributed by atoms with Gasteiger partial charge in [0.1, 0.15) is 17.7 Å². The van der Waals surface area contributed by atoms with Gasteiger partial charge in [-0.1, -0.05) is 97.1 Å². The predicted octanol–water partition coefficient (Wildman–Crippen LogP) is 6.42. The van der Waals surface area contributed by atoms with Crippen LogP contribution in [0.15, 0.2) is 104 Å². The number of benzene rings is 3. The first kappa shape index (κ1) is 29.1. The first-order valence-corrected chi connectivity index (χ1v) is 14.3. The van der Waals surface area contributed by atoms with Crippen molar-refractivity contribution in [3.8, 4) is 0 Å². The van der Waals surface area contributed by atoms with Crippen LogP contribution in [0.2, 0.25) is 0 Å². The van der Waals surface area contributed by atoms with Crippen LogP contribution in [0.5, 0.6) is 0 Å². The van der Waals surface area contributed by atoms with E-state index in [9.17, 15) is 14.4 Å². The fourth-order valence-electron chi connectivity index (χ4n) is 6.33. The van der Waals surface area contributed by atoms with E-state index in [4.69, 9.17) is 9.47 Å². The van der Waals surface area contributed by atoms with E-state index in [-0.39, 0.29) is 25.4 Å². The van der Waals surface area contributed by atoms with Crippen molar-refractivity contribution >= 4 is 18.0 Å². The molecule has 0 spiro atoms. The third-order valence-corrected chi connectivity index (χ3v) is 8.12. The van der Waals surface area contributed by atoms with Gasteiger partial charge in [-0.25, -0.2) is 9.59 Å². The van der Waals surface area contributed by atoms with Crippen LogP contribution in [0.4, 0.5) is 4.79 Å². The number of nitrogens with zero attached hydrogens (tertiary/aromatic N) is 2. The molecule has 0 unspecified atom stereocenters. The molecule has 7 heteroatoms. The molecule has 0 bridgehead atoms. The van der Waals surface area contributed by atoms with E-state index in [0.717, 1.165) is 16.7 Å². The maximum Gasteiger partial charge on any atom is 0.411 e. The van der Waals surface area contributed by atoms with Crippen molar-refractivity contribution in [1.29, 1.82) is 0 Å². The van der Waals surface area contributed by atoms with Crippen LogP contribution < -0.4 is 0 Å². The lowest BCUT2D eigenvalue weighted by atomic mass is 9.67. The molecule has 218 valence electrons. The summed E-state index contributed by atoms with van der Waals surface area (Å²) in [5.74, 6) is -0.857. The molecule has 2 heterocycles. The van der Waals surface area contributed by atoms with Crippen molar-refractivity contribution in [3.63, 3.8) is 0 Å². The fraction of sp³-hybridized carbons (Fsp3) is 0.343. The summed E-state index contributed by atoms with van der Waals surface area (Å²) in [7, 11) is 0. The molecule has 2 amide bonds. The minimum atomic E-state index is -1.39. The lowest BCUT2D eigenvalue weighted by Crippen LogP contribution is -2.81. The lowest BCUT2D eigenvalue weighted by Gasteiger charge is -2.63. The van der Waals surface area contributed by atoms with E-state index in [1.54, 1.807) is 22.8 Å². The zero-order valence-corrected chi connectivity index (χ0v) is 24.7. The van der Waals surface area contributed by atoms with Gasteiger partial charge in [-0.15, -0.1) is 6.58 Å². The smallest absolute Gasteiger partial charge is 0.411 e. The second-order valence-electron chi connectivity index (χ2n) is 12.2. The molecule has 0 N–H and O–H groups in total. The Morgan fingerprint density at radius 1 is 0.929 bits per heavy atom. The van der Waals surface area contributed by atoms with Crippen LogP contribution in [0.3, 0.4) is 0 Å². The summed E-state index contributed by atoms with van der Waals surface area (Å²) in [6, 6.07) is 27.6. The Balaban J connectivity index is 1.69. The van der Waals surface area contributed by atoms with E-state index in [0.29, 0.717) is 0 Å². The molecule has 2 aliphatic heterocycles. The number of carbonyl (C=O) groups excluding carboxylic acids is 3. The number of rotatable bonds is 9. The van der Waals surface area contributed by atoms with Gasteiger partial charge in [0.05, 0.1) is 12.1 Å². The van der Waals surface area contributed by atoms with Crippen LogP contribution in [0.1, 0.15) is 62.9 Å². The Morgan fingerprint density at radius 3 is 2.02 bits per heavy atom. The molecule has 2 fully saturated rings. The van der Waals surface area contributed by atoms with E-state index in [1.165, 1.54) is 0 Å². The second kappa shape index (κ2) is 11.1. The monoisotopic (exact) mass is 566 g/mol. The van der Waals surface area contributed by atoms with Crippen LogP contribution >= 0.6 is 0 Å². The molecular formula is C35H38N2O5. The van der Waals surface area contributed by atoms with Gasteiger partial charge in [0, 0.05) is 6.42 Å². The van der Waals surface area contributed by atoms with Crippen molar-refractivity contribution in [2.45, 2.75) is 69.3 Å². The third kappa shape index (κ3) is 4.97. The van der Waals surface area contributed by atoms with Crippen LogP contribution in [-0.2, 0) is 25.5 Å². The number of ether oxygens (including phenoxy) is 2. The summed E-state index contributed by atoms with van der Waals surface area (Å²) in [6.07, 6.45) is 1.51. The summed E-state index contributed by atoms with van der Waals surface area (Å²) in [5, 5.41) is 0. The highest BCUT2D eigenvalue weighted by molar-refractivity contribution is 6.02. The van der Waals surface area contributed by atoms with E-state index < -0.39 is 40.8 Å². The molecule has 2 aliphatic rings. The van der Waals surface area contributed by atoms with Crippen molar-refractivity contribution in [3.05, 3.63) is 120 Å². The summed E-state index contributed by atoms with van der Waals surface area (Å²) in [6.45, 7) is 11.3. The normalized spacial score (nSPS) is 23.5. The quantitative estimate of drug-likeness (QED) is 0.170. The van der Waals surface area contributed by atoms with E-state index in [1.807, 2.05) is 112 Å². The largest absolute Gasteiger partial charge is 0.458 e. The number of cyclic esters (lactones) is 1. The summed E-state index contributed by atoms with van der Waals surface area (Å²) in [5.41, 5.74) is -0.979. The maximum atomic E-state index is 14.9. The average molecular weight is 567 g/mol. The minimum Gasteiger partial charge on any atom is -0.458 e. The Labute approximate surface area is 247 Å². The lowest BCUT2D eigenvalue weighted by molar-refractivity contribution is -0.203. The van der Waals surface area contributed by atoms with Crippen molar-refractivity contribution < 1.29 is 23.9 Å². The summed E-state index contributed by atoms with van der Waals surface area (Å²) in [4.78, 5) is 45.8. The Bertz CT molecular complexity index is 1450. The topological polar surface area (TPSA) is 76.2 Å². The first-order valence-electron chi connectivity index (χ1n) is 14.3. The van der Waals surface area contributed by atoms with Crippen LogP contribution in [0, 0.1) is 0 Å². The molecule has 4 atom stereocenters. The number of hydrogen-bond acceptors (Lipinski definition) is 5. The highest BCUT2D eigenvalue weighted by Crippen LogP contribution is 2.56. The highest BCUT2D eigenvalue weighted by Gasteiger charge is 2.72. The first-order chi connectivity index (χ1) is 20.0. The number of esters is 1. The Hall–Kier alpha value is -4.39. The molecule has 0 aromatic heterocycles. The van der Waals surface area contributed by atoms with Crippen molar-refractivity contribution in [2.24, 2.45) is 0 Å². The molecule has 2 saturated heterocycles. The van der Waals surface area contributed by atoms with Gasteiger partial charge in [-0.2, -0.15) is 0 Å². The number of likely N-dealkylation sites (tertiary alicyclic amines) is 1. The maximum absolute atomic E-state index is 14.9. The van der Waals surface area contributed by atoms with Crippen molar-refractivity contribution in [2.75, 3.05) is 6.61 Å². The molecule has 5 rings (SSSR count). The van der Waals surface area contributed by atoms with Crippen LogP contribution in [0.25, 0.3) is 0 Å². The molecule has 0 aliphatic carbocycles. The number of hydrogen-bond donors (Lipinski definition) is 0. The van der Waals surface area contributed by atoms with Gasteiger partial charge in [-0.3, -0.25) is 9.69 Å². The SMILES string of the molecule is C=CC[C@@]1(N2C(=O)OC[C@@H]2c2ccccc2)C(=O)N([C@@](C)(Cc2ccccc2)C(=O)OC(C)(C)C)[C@@H]1c1ccccc1. The zero-order valence-electron chi connectivity index (χ0n) is 24.7. The average Bonchev–Trinajstić information content (AvgIpc) is 3.36. The second-order valence-corrected chi connectivity index (χ2v) is 12.2. The number of amides is 2. The van der Waals surface area contributed by atoms with E-state index in [2.05, 4.69) is 6.58 Å². The minimum absolute atomic E-state index is 0.115. The summed E-state index contributed by atoms with van der Waals surface area (Å²) >= 11 is 0. The molecule has 42 heavy (non-hydrogen) atoms. The molecule has 3 aromatic carbocycles. The molecule has 3 aromatic rings. The van der Waals surface area contributed by atoms with E-state index >= 15 is 0 Å². The molecule has 7 nitrogen and oxygen atoms in total. The standard InChI is InChI=1S/C35H38N2O5/c1-6-22-35(36-28(24-41-32(36)40)26-18-12-8-13-19-26)29(27-20-14-9-15-21-27)37(30(35)38)34(5,31(39)42-33(2,3)4)23-25-16-10-7-11-17-25/h6-21,28-29H,1,22-24H2,2-5H3/t28-,29-,34+,35+/m1/s1. The van der Waals surface area contributed by atoms with Gasteiger partial charge < -0.3 is 14.4 Å². The van der Waals surface area contributed by atoms with Gasteiger partial charge in [0.15, 0.2) is 5.54 Å². The Kier molecular flexibility index (Phi) is 7.71. The zero-order chi connectivity index (χ0) is 30.1. The predicted molar refractivity (Wildman–Crippen MR) is 160 cm³/mol. The highest BCUT2D eigenvalue weighted by atomic mass is 16.6. The molecular weight excluding hydrogens is 528 g/mol. The Morgan fingerprint density at radius 2 is 1.48 bits per heavy atom. The fourth-order valence-corrected chi connectivity index (χ4v) is 6.33. The molecule has 0 saturated carbocycles. The van der Waals surface area contributed by atoms with Crippen LogP contribution in [-0.4, -0.2) is 51.1 Å². The van der Waals surface area contributed by atoms with Gasteiger partial charge in [-0.05, 0) is 50.8 Å². The third-order valence-electron chi connectivity index (χ3n) is 8.12. The van der Waals surface area contributed by atoms with Gasteiger partial charge in [0.2, 0.25) is 0 Å². The number of carbonyl (C=O) groups is 3. The summed E-state index contributed by atoms with van der Waals surface area (Å²) < 4.78 is 11.6. The van der Waals surface area contributed by atoms with Gasteiger partial charge in [0.25, 0.3) is 5.91 Å². The molecule has 0 radical (unpaired) electrons.